The summed E-state index contributed by atoms with van der Waals surface area (Å²) in [6.45, 7) is 2.06. The SMILES string of the molecule is CCc1nnsc1C(N)Cc1ccc(Cl)s1. The average molecular weight is 274 g/mol. The average Bonchev–Trinajstić information content (AvgIpc) is 2.86. The molecule has 0 bridgehead atoms. The molecule has 0 aliphatic carbocycles. The molecule has 3 nitrogen and oxygen atoms in total. The van der Waals surface area contributed by atoms with Crippen molar-refractivity contribution in [2.75, 3.05) is 0 Å². The van der Waals surface area contributed by atoms with Gasteiger partial charge in [0.2, 0.25) is 0 Å². The predicted molar refractivity (Wildman–Crippen MR) is 69.2 cm³/mol. The monoisotopic (exact) mass is 273 g/mol. The van der Waals surface area contributed by atoms with Gasteiger partial charge < -0.3 is 5.73 Å². The Morgan fingerprint density at radius 2 is 2.31 bits per heavy atom. The van der Waals surface area contributed by atoms with Gasteiger partial charge in [-0.3, -0.25) is 0 Å². The van der Waals surface area contributed by atoms with Crippen molar-refractivity contribution in [3.63, 3.8) is 0 Å². The number of nitrogens with two attached hydrogens (primary N) is 1. The number of aromatic nitrogens is 2. The van der Waals surface area contributed by atoms with E-state index in [1.807, 2.05) is 12.1 Å². The van der Waals surface area contributed by atoms with Crippen LogP contribution in [0.15, 0.2) is 12.1 Å². The summed E-state index contributed by atoms with van der Waals surface area (Å²) in [5.74, 6) is 0. The molecule has 2 aromatic heterocycles. The van der Waals surface area contributed by atoms with Crippen molar-refractivity contribution in [3.8, 4) is 0 Å². The summed E-state index contributed by atoms with van der Waals surface area (Å²) in [4.78, 5) is 2.29. The Morgan fingerprint density at radius 1 is 1.50 bits per heavy atom. The normalized spacial score (nSPS) is 12.9. The standard InChI is InChI=1S/C10H12ClN3S2/c1-2-8-10(16-14-13-8)7(12)5-6-3-4-9(11)15-6/h3-4,7H,2,5,12H2,1H3. The second kappa shape index (κ2) is 5.23. The van der Waals surface area contributed by atoms with E-state index in [2.05, 4.69) is 16.5 Å². The Balaban J connectivity index is 2.11. The lowest BCUT2D eigenvalue weighted by atomic mass is 10.1. The summed E-state index contributed by atoms with van der Waals surface area (Å²) in [6, 6.07) is 3.90. The van der Waals surface area contributed by atoms with E-state index < -0.39 is 0 Å². The van der Waals surface area contributed by atoms with Crippen molar-refractivity contribution >= 4 is 34.5 Å². The van der Waals surface area contributed by atoms with Gasteiger partial charge in [-0.15, -0.1) is 16.4 Å². The second-order valence-electron chi connectivity index (χ2n) is 3.45. The topological polar surface area (TPSA) is 51.8 Å². The molecule has 6 heteroatoms. The number of aryl methyl sites for hydroxylation is 1. The number of hydrogen-bond acceptors (Lipinski definition) is 5. The Kier molecular flexibility index (Phi) is 3.91. The molecule has 2 heterocycles. The van der Waals surface area contributed by atoms with E-state index in [9.17, 15) is 0 Å². The number of rotatable bonds is 4. The highest BCUT2D eigenvalue weighted by Gasteiger charge is 2.15. The van der Waals surface area contributed by atoms with E-state index in [4.69, 9.17) is 17.3 Å². The van der Waals surface area contributed by atoms with Gasteiger partial charge in [-0.25, -0.2) is 0 Å². The number of nitrogens with zero attached hydrogens (tertiary/aromatic N) is 2. The zero-order valence-electron chi connectivity index (χ0n) is 8.81. The summed E-state index contributed by atoms with van der Waals surface area (Å²) in [5, 5.41) is 4.07. The highest BCUT2D eigenvalue weighted by molar-refractivity contribution is 7.16. The lowest BCUT2D eigenvalue weighted by Gasteiger charge is -2.08. The van der Waals surface area contributed by atoms with Crippen molar-refractivity contribution in [1.29, 1.82) is 0 Å². The maximum Gasteiger partial charge on any atom is 0.0931 e. The largest absolute Gasteiger partial charge is 0.323 e. The van der Waals surface area contributed by atoms with Crippen LogP contribution in [-0.2, 0) is 12.8 Å². The highest BCUT2D eigenvalue weighted by atomic mass is 35.5. The third-order valence-corrected chi connectivity index (χ3v) is 4.46. The van der Waals surface area contributed by atoms with E-state index in [1.54, 1.807) is 11.3 Å². The molecule has 86 valence electrons. The number of hydrogen-bond donors (Lipinski definition) is 1. The first-order valence-electron chi connectivity index (χ1n) is 5.01. The smallest absolute Gasteiger partial charge is 0.0931 e. The van der Waals surface area contributed by atoms with Crippen LogP contribution >= 0.6 is 34.5 Å². The van der Waals surface area contributed by atoms with Crippen molar-refractivity contribution in [2.24, 2.45) is 5.73 Å². The van der Waals surface area contributed by atoms with Crippen molar-refractivity contribution in [3.05, 3.63) is 31.9 Å². The molecular weight excluding hydrogens is 262 g/mol. The zero-order chi connectivity index (χ0) is 11.5. The van der Waals surface area contributed by atoms with E-state index in [-0.39, 0.29) is 6.04 Å². The van der Waals surface area contributed by atoms with Crippen LogP contribution in [0.1, 0.15) is 28.4 Å². The van der Waals surface area contributed by atoms with E-state index >= 15 is 0 Å². The fraction of sp³-hybridized carbons (Fsp3) is 0.400. The molecule has 0 aliphatic heterocycles. The minimum Gasteiger partial charge on any atom is -0.323 e. The van der Waals surface area contributed by atoms with Crippen molar-refractivity contribution in [1.82, 2.24) is 9.59 Å². The molecule has 2 aromatic rings. The van der Waals surface area contributed by atoms with Crippen LogP contribution in [-0.4, -0.2) is 9.59 Å². The van der Waals surface area contributed by atoms with Crippen LogP contribution in [0.4, 0.5) is 0 Å². The molecule has 1 atom stereocenters. The summed E-state index contributed by atoms with van der Waals surface area (Å²) < 4.78 is 4.76. The van der Waals surface area contributed by atoms with Crippen molar-refractivity contribution in [2.45, 2.75) is 25.8 Å². The van der Waals surface area contributed by atoms with Gasteiger partial charge in [0.05, 0.1) is 14.9 Å². The van der Waals surface area contributed by atoms with Crippen LogP contribution in [0.3, 0.4) is 0 Å². The highest BCUT2D eigenvalue weighted by Crippen LogP contribution is 2.27. The van der Waals surface area contributed by atoms with Gasteiger partial charge in [0.15, 0.2) is 0 Å². The molecule has 2 N–H and O–H groups in total. The summed E-state index contributed by atoms with van der Waals surface area (Å²) >= 11 is 8.85. The zero-order valence-corrected chi connectivity index (χ0v) is 11.2. The van der Waals surface area contributed by atoms with Gasteiger partial charge in [0.25, 0.3) is 0 Å². The molecule has 1 unspecified atom stereocenters. The van der Waals surface area contributed by atoms with Crippen LogP contribution < -0.4 is 5.73 Å². The third-order valence-electron chi connectivity index (χ3n) is 2.31. The maximum atomic E-state index is 6.15. The maximum absolute atomic E-state index is 6.15. The Labute approximate surface area is 107 Å². The Bertz CT molecular complexity index is 466. The minimum absolute atomic E-state index is 0.0235. The predicted octanol–water partition coefficient (Wildman–Crippen LogP) is 3.06. The van der Waals surface area contributed by atoms with Gasteiger partial charge >= 0.3 is 0 Å². The Hall–Kier alpha value is -0.490. The molecule has 0 spiro atoms. The first-order valence-corrected chi connectivity index (χ1v) is 6.98. The lowest BCUT2D eigenvalue weighted by Crippen LogP contribution is -2.13. The Morgan fingerprint density at radius 3 is 2.94 bits per heavy atom. The van der Waals surface area contributed by atoms with E-state index in [0.717, 1.165) is 27.7 Å². The minimum atomic E-state index is -0.0235. The van der Waals surface area contributed by atoms with Crippen molar-refractivity contribution < 1.29 is 0 Å². The van der Waals surface area contributed by atoms with Gasteiger partial charge in [0, 0.05) is 17.3 Å². The molecule has 2 rings (SSSR count). The molecule has 0 amide bonds. The molecule has 0 saturated carbocycles. The fourth-order valence-electron chi connectivity index (χ4n) is 1.51. The van der Waals surface area contributed by atoms with Gasteiger partial charge in [-0.05, 0) is 30.1 Å². The number of halogens is 1. The number of thiophene rings is 1. The van der Waals surface area contributed by atoms with E-state index in [0.29, 0.717) is 0 Å². The van der Waals surface area contributed by atoms with Crippen LogP contribution in [0.25, 0.3) is 0 Å². The van der Waals surface area contributed by atoms with Gasteiger partial charge in [-0.1, -0.05) is 23.0 Å². The summed E-state index contributed by atoms with van der Waals surface area (Å²) in [7, 11) is 0. The molecule has 0 radical (unpaired) electrons. The first-order chi connectivity index (χ1) is 7.70. The van der Waals surface area contributed by atoms with Crippen LogP contribution in [0, 0.1) is 0 Å². The van der Waals surface area contributed by atoms with Crippen LogP contribution in [0.2, 0.25) is 4.34 Å². The fourth-order valence-corrected chi connectivity index (χ4v) is 3.40. The van der Waals surface area contributed by atoms with Crippen LogP contribution in [0.5, 0.6) is 0 Å². The molecule has 0 fully saturated rings. The molecule has 0 aromatic carbocycles. The van der Waals surface area contributed by atoms with Gasteiger partial charge in [0.1, 0.15) is 0 Å². The molecule has 0 aliphatic rings. The van der Waals surface area contributed by atoms with E-state index in [1.165, 1.54) is 16.4 Å². The second-order valence-corrected chi connectivity index (χ2v) is 6.04. The quantitative estimate of drug-likeness (QED) is 0.931. The van der Waals surface area contributed by atoms with Gasteiger partial charge in [-0.2, -0.15) is 0 Å². The summed E-state index contributed by atoms with van der Waals surface area (Å²) in [5.41, 5.74) is 7.17. The third kappa shape index (κ3) is 2.60. The lowest BCUT2D eigenvalue weighted by molar-refractivity contribution is 0.730. The molecular formula is C10H12ClN3S2. The molecule has 0 saturated heterocycles. The first kappa shape index (κ1) is 12.0. The molecule has 16 heavy (non-hydrogen) atoms. The summed E-state index contributed by atoms with van der Waals surface area (Å²) in [6.07, 6.45) is 1.68.